The molecule has 0 radical (unpaired) electrons. The summed E-state index contributed by atoms with van der Waals surface area (Å²) in [6, 6.07) is 7.83. The molecule has 2 aromatic rings. The molecule has 1 atom stereocenters. The molecule has 100 valence electrons. The predicted molar refractivity (Wildman–Crippen MR) is 68.8 cm³/mol. The average Bonchev–Trinajstić information content (AvgIpc) is 2.76. The third kappa shape index (κ3) is 3.37. The van der Waals surface area contributed by atoms with Gasteiger partial charge in [-0.15, -0.1) is 5.10 Å². The van der Waals surface area contributed by atoms with Crippen molar-refractivity contribution < 1.29 is 9.90 Å². The third-order valence-corrected chi connectivity index (χ3v) is 2.89. The molecule has 0 bridgehead atoms. The fourth-order valence-electron chi connectivity index (χ4n) is 2.01. The van der Waals surface area contributed by atoms with Crippen LogP contribution in [0.25, 0.3) is 0 Å². The summed E-state index contributed by atoms with van der Waals surface area (Å²) in [7, 11) is 0. The van der Waals surface area contributed by atoms with E-state index in [1.165, 1.54) is 5.56 Å². The molecule has 6 heteroatoms. The van der Waals surface area contributed by atoms with Gasteiger partial charge < -0.3 is 5.11 Å². The van der Waals surface area contributed by atoms with Crippen LogP contribution in [0.5, 0.6) is 0 Å². The van der Waals surface area contributed by atoms with Gasteiger partial charge in [-0.05, 0) is 29.8 Å². The van der Waals surface area contributed by atoms with Gasteiger partial charge in [0, 0.05) is 6.42 Å². The van der Waals surface area contributed by atoms with Crippen molar-refractivity contribution >= 4 is 5.97 Å². The molecule has 0 saturated heterocycles. The lowest BCUT2D eigenvalue weighted by Gasteiger charge is -2.11. The molecular weight excluding hydrogens is 244 g/mol. The molecule has 0 aliphatic carbocycles. The fraction of sp³-hybridized carbons (Fsp3) is 0.385. The molecule has 0 spiro atoms. The molecule has 1 heterocycles. The standard InChI is InChI=1S/C13H16N4O2/c1-9-4-3-5-11(6-9)8-12-14-15-16-17(12)10(2)7-13(18)19/h3-6,10H,7-8H2,1-2H3,(H,18,19). The summed E-state index contributed by atoms with van der Waals surface area (Å²) in [5.41, 5.74) is 2.29. The highest BCUT2D eigenvalue weighted by molar-refractivity contribution is 5.67. The average molecular weight is 260 g/mol. The molecule has 2 rings (SSSR count). The van der Waals surface area contributed by atoms with Crippen LogP contribution in [0.4, 0.5) is 0 Å². The lowest BCUT2D eigenvalue weighted by atomic mass is 10.1. The molecule has 1 aromatic heterocycles. The summed E-state index contributed by atoms with van der Waals surface area (Å²) in [6.07, 6.45) is 0.602. The number of aryl methyl sites for hydroxylation is 1. The molecule has 0 amide bonds. The van der Waals surface area contributed by atoms with Gasteiger partial charge in [0.2, 0.25) is 0 Å². The molecular formula is C13H16N4O2. The van der Waals surface area contributed by atoms with E-state index in [9.17, 15) is 4.79 Å². The minimum atomic E-state index is -0.857. The molecule has 0 saturated carbocycles. The van der Waals surface area contributed by atoms with Crippen molar-refractivity contribution in [3.8, 4) is 0 Å². The first-order chi connectivity index (χ1) is 9.06. The first-order valence-corrected chi connectivity index (χ1v) is 6.10. The molecule has 1 N–H and O–H groups in total. The number of aliphatic carboxylic acids is 1. The molecule has 19 heavy (non-hydrogen) atoms. The van der Waals surface area contributed by atoms with Crippen molar-refractivity contribution in [3.05, 3.63) is 41.2 Å². The Hall–Kier alpha value is -2.24. The third-order valence-electron chi connectivity index (χ3n) is 2.89. The van der Waals surface area contributed by atoms with Crippen molar-refractivity contribution in [2.24, 2.45) is 0 Å². The van der Waals surface area contributed by atoms with Crippen molar-refractivity contribution in [2.75, 3.05) is 0 Å². The quantitative estimate of drug-likeness (QED) is 0.883. The van der Waals surface area contributed by atoms with Gasteiger partial charge in [-0.3, -0.25) is 4.79 Å². The van der Waals surface area contributed by atoms with Crippen LogP contribution in [-0.4, -0.2) is 31.3 Å². The number of nitrogens with zero attached hydrogens (tertiary/aromatic N) is 4. The maximum Gasteiger partial charge on any atom is 0.305 e. The Morgan fingerprint density at radius 2 is 2.26 bits per heavy atom. The SMILES string of the molecule is Cc1cccc(Cc2nnnn2C(C)CC(=O)O)c1. The Labute approximate surface area is 111 Å². The highest BCUT2D eigenvalue weighted by Crippen LogP contribution is 2.14. The number of hydrogen-bond acceptors (Lipinski definition) is 4. The Balaban J connectivity index is 2.18. The Kier molecular flexibility index (Phi) is 3.89. The number of carboxylic acid groups (broad SMARTS) is 1. The number of tetrazole rings is 1. The normalized spacial score (nSPS) is 12.3. The molecule has 1 aromatic carbocycles. The van der Waals surface area contributed by atoms with Crippen LogP contribution in [0.1, 0.15) is 36.3 Å². The van der Waals surface area contributed by atoms with E-state index in [4.69, 9.17) is 5.11 Å². The number of hydrogen-bond donors (Lipinski definition) is 1. The molecule has 0 fully saturated rings. The largest absolute Gasteiger partial charge is 0.481 e. The van der Waals surface area contributed by atoms with Crippen molar-refractivity contribution in [1.29, 1.82) is 0 Å². The maximum atomic E-state index is 10.7. The van der Waals surface area contributed by atoms with Crippen molar-refractivity contribution in [2.45, 2.75) is 32.7 Å². The zero-order chi connectivity index (χ0) is 13.8. The topological polar surface area (TPSA) is 80.9 Å². The van der Waals surface area contributed by atoms with E-state index in [1.54, 1.807) is 11.6 Å². The van der Waals surface area contributed by atoms with E-state index in [0.717, 1.165) is 5.56 Å². The smallest absolute Gasteiger partial charge is 0.305 e. The van der Waals surface area contributed by atoms with E-state index in [1.807, 2.05) is 25.1 Å². The molecule has 0 aliphatic rings. The van der Waals surface area contributed by atoms with E-state index < -0.39 is 5.97 Å². The Bertz CT molecular complexity index is 580. The fourth-order valence-corrected chi connectivity index (χ4v) is 2.01. The lowest BCUT2D eigenvalue weighted by Crippen LogP contribution is -2.15. The summed E-state index contributed by atoms with van der Waals surface area (Å²) in [6.45, 7) is 3.82. The van der Waals surface area contributed by atoms with Gasteiger partial charge in [0.1, 0.15) is 0 Å². The van der Waals surface area contributed by atoms with Crippen LogP contribution >= 0.6 is 0 Å². The van der Waals surface area contributed by atoms with Crippen molar-refractivity contribution in [3.63, 3.8) is 0 Å². The molecule has 1 unspecified atom stereocenters. The number of aromatic nitrogens is 4. The summed E-state index contributed by atoms with van der Waals surface area (Å²) < 4.78 is 1.58. The minimum absolute atomic E-state index is 0.00581. The van der Waals surface area contributed by atoms with E-state index >= 15 is 0 Å². The van der Waals surface area contributed by atoms with Gasteiger partial charge in [0.15, 0.2) is 5.82 Å². The van der Waals surface area contributed by atoms with Gasteiger partial charge in [-0.25, -0.2) is 4.68 Å². The second-order valence-corrected chi connectivity index (χ2v) is 4.65. The van der Waals surface area contributed by atoms with Crippen LogP contribution in [0.15, 0.2) is 24.3 Å². The number of carboxylic acids is 1. The van der Waals surface area contributed by atoms with Crippen molar-refractivity contribution in [1.82, 2.24) is 20.2 Å². The summed E-state index contributed by atoms with van der Waals surface area (Å²) in [5.74, 6) is -0.177. The monoisotopic (exact) mass is 260 g/mol. The van der Waals surface area contributed by atoms with Crippen LogP contribution in [0.3, 0.4) is 0 Å². The first-order valence-electron chi connectivity index (χ1n) is 6.10. The first kappa shape index (κ1) is 13.2. The maximum absolute atomic E-state index is 10.7. The van der Waals surface area contributed by atoms with Gasteiger partial charge in [-0.2, -0.15) is 0 Å². The number of rotatable bonds is 5. The summed E-state index contributed by atoms with van der Waals surface area (Å²) >= 11 is 0. The Morgan fingerprint density at radius 3 is 2.95 bits per heavy atom. The van der Waals surface area contributed by atoms with Gasteiger partial charge in [0.25, 0.3) is 0 Å². The molecule has 0 aliphatic heterocycles. The molecule has 6 nitrogen and oxygen atoms in total. The summed E-state index contributed by atoms with van der Waals surface area (Å²) in [4.78, 5) is 10.7. The number of benzene rings is 1. The zero-order valence-electron chi connectivity index (χ0n) is 10.9. The van der Waals surface area contributed by atoms with Crippen LogP contribution < -0.4 is 0 Å². The minimum Gasteiger partial charge on any atom is -0.481 e. The van der Waals surface area contributed by atoms with E-state index in [2.05, 4.69) is 21.6 Å². The van der Waals surface area contributed by atoms with E-state index in [0.29, 0.717) is 12.2 Å². The van der Waals surface area contributed by atoms with Crippen LogP contribution in [0, 0.1) is 6.92 Å². The second-order valence-electron chi connectivity index (χ2n) is 4.65. The lowest BCUT2D eigenvalue weighted by molar-refractivity contribution is -0.137. The van der Waals surface area contributed by atoms with Gasteiger partial charge in [-0.1, -0.05) is 29.8 Å². The van der Waals surface area contributed by atoms with Gasteiger partial charge in [0.05, 0.1) is 12.5 Å². The van der Waals surface area contributed by atoms with Gasteiger partial charge >= 0.3 is 5.97 Å². The van der Waals surface area contributed by atoms with E-state index in [-0.39, 0.29) is 12.5 Å². The summed E-state index contributed by atoms with van der Waals surface area (Å²) in [5, 5.41) is 20.3. The van der Waals surface area contributed by atoms with Crippen LogP contribution in [-0.2, 0) is 11.2 Å². The highest BCUT2D eigenvalue weighted by Gasteiger charge is 2.16. The highest BCUT2D eigenvalue weighted by atomic mass is 16.4. The zero-order valence-corrected chi connectivity index (χ0v) is 10.9. The number of carbonyl (C=O) groups is 1. The second kappa shape index (κ2) is 5.60. The van der Waals surface area contributed by atoms with Crippen LogP contribution in [0.2, 0.25) is 0 Å². The predicted octanol–water partition coefficient (Wildman–Crippen LogP) is 1.61. The Morgan fingerprint density at radius 1 is 1.47 bits per heavy atom.